The van der Waals surface area contributed by atoms with Crippen LogP contribution in [0.1, 0.15) is 46.5 Å². The molecule has 114 valence electrons. The van der Waals surface area contributed by atoms with Crippen molar-refractivity contribution in [2.75, 3.05) is 26.2 Å². The van der Waals surface area contributed by atoms with Gasteiger partial charge in [0.25, 0.3) is 0 Å². The molecule has 0 radical (unpaired) electrons. The molecule has 2 rings (SSSR count). The van der Waals surface area contributed by atoms with Crippen molar-refractivity contribution in [1.82, 2.24) is 9.80 Å². The van der Waals surface area contributed by atoms with Crippen LogP contribution >= 0.6 is 0 Å². The third-order valence-corrected chi connectivity index (χ3v) is 4.82. The van der Waals surface area contributed by atoms with E-state index in [0.717, 1.165) is 25.9 Å². The molecule has 1 N–H and O–H groups in total. The van der Waals surface area contributed by atoms with Gasteiger partial charge in [0.1, 0.15) is 0 Å². The van der Waals surface area contributed by atoms with E-state index in [9.17, 15) is 14.7 Å². The molecule has 0 atom stereocenters. The largest absolute Gasteiger partial charge is 0.481 e. The van der Waals surface area contributed by atoms with Gasteiger partial charge in [-0.05, 0) is 38.0 Å². The van der Waals surface area contributed by atoms with E-state index in [1.807, 2.05) is 9.80 Å². The summed E-state index contributed by atoms with van der Waals surface area (Å²) in [4.78, 5) is 27.5. The molecule has 2 aliphatic rings. The standard InChI is InChI=1S/C15H26N2O3/c1-14(2)5-4-8-17(11-14)13(20)16-9-6-15(3,7-10-16)12(18)19/h4-11H2,1-3H3,(H,18,19). The van der Waals surface area contributed by atoms with Crippen LogP contribution in [-0.4, -0.2) is 53.1 Å². The second-order valence-electron chi connectivity index (χ2n) is 7.32. The number of carboxylic acids is 1. The molecule has 0 spiro atoms. The van der Waals surface area contributed by atoms with Crippen molar-refractivity contribution in [3.8, 4) is 0 Å². The van der Waals surface area contributed by atoms with Crippen LogP contribution in [0.15, 0.2) is 0 Å². The van der Waals surface area contributed by atoms with Crippen molar-refractivity contribution in [1.29, 1.82) is 0 Å². The number of aliphatic carboxylic acids is 1. The molecule has 0 aliphatic carbocycles. The summed E-state index contributed by atoms with van der Waals surface area (Å²) >= 11 is 0. The number of carbonyl (C=O) groups is 2. The molecular weight excluding hydrogens is 256 g/mol. The quantitative estimate of drug-likeness (QED) is 0.803. The molecule has 0 aromatic rings. The van der Waals surface area contributed by atoms with Crippen LogP contribution in [0.2, 0.25) is 0 Å². The van der Waals surface area contributed by atoms with Gasteiger partial charge in [-0.25, -0.2) is 4.79 Å². The number of hydrogen-bond donors (Lipinski definition) is 1. The van der Waals surface area contributed by atoms with E-state index in [2.05, 4.69) is 13.8 Å². The summed E-state index contributed by atoms with van der Waals surface area (Å²) < 4.78 is 0. The normalized spacial score (nSPS) is 25.4. The van der Waals surface area contributed by atoms with Gasteiger partial charge in [0.05, 0.1) is 5.41 Å². The number of amides is 2. The topological polar surface area (TPSA) is 60.9 Å². The van der Waals surface area contributed by atoms with E-state index in [1.165, 1.54) is 0 Å². The number of rotatable bonds is 1. The van der Waals surface area contributed by atoms with Crippen molar-refractivity contribution in [2.24, 2.45) is 10.8 Å². The average Bonchev–Trinajstić information content (AvgIpc) is 2.37. The van der Waals surface area contributed by atoms with Gasteiger partial charge in [0.15, 0.2) is 0 Å². The fourth-order valence-electron chi connectivity index (χ4n) is 3.19. The van der Waals surface area contributed by atoms with E-state index in [4.69, 9.17) is 0 Å². The third kappa shape index (κ3) is 3.07. The van der Waals surface area contributed by atoms with Gasteiger partial charge in [0.2, 0.25) is 0 Å². The van der Waals surface area contributed by atoms with Crippen molar-refractivity contribution < 1.29 is 14.7 Å². The van der Waals surface area contributed by atoms with Gasteiger partial charge in [-0.15, -0.1) is 0 Å². The highest BCUT2D eigenvalue weighted by atomic mass is 16.4. The van der Waals surface area contributed by atoms with Gasteiger partial charge in [0, 0.05) is 26.2 Å². The Balaban J connectivity index is 1.93. The molecule has 20 heavy (non-hydrogen) atoms. The van der Waals surface area contributed by atoms with Crippen LogP contribution in [0.5, 0.6) is 0 Å². The maximum absolute atomic E-state index is 12.5. The Morgan fingerprint density at radius 1 is 0.950 bits per heavy atom. The molecule has 2 heterocycles. The lowest BCUT2D eigenvalue weighted by Gasteiger charge is -2.43. The molecular formula is C15H26N2O3. The minimum Gasteiger partial charge on any atom is -0.481 e. The number of nitrogens with zero attached hydrogens (tertiary/aromatic N) is 2. The van der Waals surface area contributed by atoms with E-state index in [0.29, 0.717) is 25.9 Å². The van der Waals surface area contributed by atoms with Crippen molar-refractivity contribution in [3.63, 3.8) is 0 Å². The Kier molecular flexibility index (Phi) is 3.98. The number of likely N-dealkylation sites (tertiary alicyclic amines) is 2. The second-order valence-corrected chi connectivity index (χ2v) is 7.32. The van der Waals surface area contributed by atoms with Crippen LogP contribution in [-0.2, 0) is 4.79 Å². The van der Waals surface area contributed by atoms with E-state index in [-0.39, 0.29) is 11.4 Å². The molecule has 0 aromatic carbocycles. The summed E-state index contributed by atoms with van der Waals surface area (Å²) in [5.74, 6) is -0.747. The highest BCUT2D eigenvalue weighted by molar-refractivity contribution is 5.77. The lowest BCUT2D eigenvalue weighted by atomic mass is 9.80. The first-order valence-corrected chi connectivity index (χ1v) is 7.51. The average molecular weight is 282 g/mol. The number of carboxylic acid groups (broad SMARTS) is 1. The molecule has 0 aromatic heterocycles. The predicted molar refractivity (Wildman–Crippen MR) is 76.5 cm³/mol. The third-order valence-electron chi connectivity index (χ3n) is 4.82. The second kappa shape index (κ2) is 5.26. The number of urea groups is 1. The SMILES string of the molecule is CC1(C)CCCN(C(=O)N2CCC(C)(C(=O)O)CC2)C1. The summed E-state index contributed by atoms with van der Waals surface area (Å²) in [6.07, 6.45) is 3.31. The Morgan fingerprint density at radius 2 is 1.55 bits per heavy atom. The molecule has 2 aliphatic heterocycles. The van der Waals surface area contributed by atoms with Crippen LogP contribution in [0.25, 0.3) is 0 Å². The van der Waals surface area contributed by atoms with Crippen LogP contribution in [0, 0.1) is 10.8 Å². The Morgan fingerprint density at radius 3 is 2.05 bits per heavy atom. The highest BCUT2D eigenvalue weighted by Crippen LogP contribution is 2.33. The Hall–Kier alpha value is -1.26. The van der Waals surface area contributed by atoms with Crippen LogP contribution in [0.3, 0.4) is 0 Å². The molecule has 2 saturated heterocycles. The Bertz CT molecular complexity index is 398. The van der Waals surface area contributed by atoms with Gasteiger partial charge in [-0.1, -0.05) is 13.8 Å². The minimum atomic E-state index is -0.747. The van der Waals surface area contributed by atoms with E-state index >= 15 is 0 Å². The minimum absolute atomic E-state index is 0.0882. The molecule has 5 nitrogen and oxygen atoms in total. The molecule has 0 saturated carbocycles. The first kappa shape index (κ1) is 15.1. The lowest BCUT2D eigenvalue weighted by molar-refractivity contribution is -0.150. The van der Waals surface area contributed by atoms with E-state index < -0.39 is 11.4 Å². The zero-order valence-corrected chi connectivity index (χ0v) is 12.8. The van der Waals surface area contributed by atoms with Crippen molar-refractivity contribution >= 4 is 12.0 Å². The monoisotopic (exact) mass is 282 g/mol. The summed E-state index contributed by atoms with van der Waals surface area (Å²) in [6.45, 7) is 8.92. The molecule has 5 heteroatoms. The lowest BCUT2D eigenvalue weighted by Crippen LogP contribution is -2.53. The number of carbonyl (C=O) groups excluding carboxylic acids is 1. The first-order valence-electron chi connectivity index (χ1n) is 7.51. The maximum Gasteiger partial charge on any atom is 0.320 e. The zero-order chi connectivity index (χ0) is 15.0. The van der Waals surface area contributed by atoms with E-state index in [1.54, 1.807) is 6.92 Å². The summed E-state index contributed by atoms with van der Waals surface area (Å²) in [6, 6.07) is 0.0882. The molecule has 2 fully saturated rings. The molecule has 0 bridgehead atoms. The summed E-state index contributed by atoms with van der Waals surface area (Å²) in [5.41, 5.74) is -0.475. The van der Waals surface area contributed by atoms with Gasteiger partial charge >= 0.3 is 12.0 Å². The fourth-order valence-corrected chi connectivity index (χ4v) is 3.19. The number of piperidine rings is 2. The smallest absolute Gasteiger partial charge is 0.320 e. The van der Waals surface area contributed by atoms with Crippen molar-refractivity contribution in [3.05, 3.63) is 0 Å². The summed E-state index contributed by atoms with van der Waals surface area (Å²) in [7, 11) is 0. The van der Waals surface area contributed by atoms with Crippen LogP contribution in [0.4, 0.5) is 4.79 Å². The molecule has 0 unspecified atom stereocenters. The summed E-state index contributed by atoms with van der Waals surface area (Å²) in [5, 5.41) is 9.23. The van der Waals surface area contributed by atoms with Gasteiger partial charge < -0.3 is 14.9 Å². The highest BCUT2D eigenvalue weighted by Gasteiger charge is 2.39. The fraction of sp³-hybridized carbons (Fsp3) is 0.867. The predicted octanol–water partition coefficient (Wildman–Crippen LogP) is 2.42. The maximum atomic E-state index is 12.5. The Labute approximate surface area is 120 Å². The van der Waals surface area contributed by atoms with Gasteiger partial charge in [-0.3, -0.25) is 4.79 Å². The molecule has 2 amide bonds. The number of hydrogen-bond acceptors (Lipinski definition) is 2. The first-order chi connectivity index (χ1) is 9.23. The van der Waals surface area contributed by atoms with Gasteiger partial charge in [-0.2, -0.15) is 0 Å². The van der Waals surface area contributed by atoms with Crippen molar-refractivity contribution in [2.45, 2.75) is 46.5 Å². The van der Waals surface area contributed by atoms with Crippen LogP contribution < -0.4 is 0 Å². The zero-order valence-electron chi connectivity index (χ0n) is 12.8.